The highest BCUT2D eigenvalue weighted by Gasteiger charge is 2.12. The molecular weight excluding hydrogens is 124 g/mol. The second-order valence-corrected chi connectivity index (χ2v) is 1.92. The fourth-order valence-corrected chi connectivity index (χ4v) is 0.710. The molecule has 1 nitrogen and oxygen atoms in total. The van der Waals surface area contributed by atoms with Gasteiger partial charge < -0.3 is 5.73 Å². The maximum atomic E-state index is 12.3. The number of halogens is 2. The first kappa shape index (κ1) is 6.26. The monoisotopic (exact) mass is 131 g/mol. The number of nitrogens with two attached hydrogens (primary N) is 1. The van der Waals surface area contributed by atoms with Crippen LogP contribution in [-0.2, 0) is 0 Å². The highest BCUT2D eigenvalue weighted by atomic mass is 19.2. The van der Waals surface area contributed by atoms with Crippen LogP contribution in [0.25, 0.3) is 0 Å². The van der Waals surface area contributed by atoms with Crippen LogP contribution in [0.3, 0.4) is 0 Å². The lowest BCUT2D eigenvalue weighted by Gasteiger charge is -2.05. The molecule has 0 spiro atoms. The van der Waals surface area contributed by atoms with Gasteiger partial charge in [0.05, 0.1) is 5.70 Å². The van der Waals surface area contributed by atoms with Gasteiger partial charge in [-0.15, -0.1) is 0 Å². The van der Waals surface area contributed by atoms with E-state index in [1.807, 2.05) is 0 Å². The van der Waals surface area contributed by atoms with Crippen molar-refractivity contribution in [3.8, 4) is 0 Å². The Hall–Kier alpha value is -0.860. The summed E-state index contributed by atoms with van der Waals surface area (Å²) in [6.07, 6.45) is 2.13. The second kappa shape index (κ2) is 2.17. The van der Waals surface area contributed by atoms with Crippen LogP contribution in [0.2, 0.25) is 0 Å². The molecule has 0 saturated carbocycles. The van der Waals surface area contributed by atoms with Crippen LogP contribution in [-0.4, -0.2) is 0 Å². The van der Waals surface area contributed by atoms with Gasteiger partial charge in [0.1, 0.15) is 5.83 Å². The van der Waals surface area contributed by atoms with Gasteiger partial charge in [-0.1, -0.05) is 6.08 Å². The molecular formula is C6H7F2N. The van der Waals surface area contributed by atoms with E-state index in [4.69, 9.17) is 5.73 Å². The highest BCUT2D eigenvalue weighted by Crippen LogP contribution is 2.23. The van der Waals surface area contributed by atoms with Crippen LogP contribution in [0, 0.1) is 0 Å². The maximum absolute atomic E-state index is 12.3. The fourth-order valence-electron chi connectivity index (χ4n) is 0.710. The van der Waals surface area contributed by atoms with Crippen LogP contribution in [0.15, 0.2) is 23.4 Å². The molecule has 9 heavy (non-hydrogen) atoms. The third kappa shape index (κ3) is 1.09. The summed E-state index contributed by atoms with van der Waals surface area (Å²) in [6.45, 7) is 0. The van der Waals surface area contributed by atoms with Crippen molar-refractivity contribution < 1.29 is 8.78 Å². The molecule has 0 atom stereocenters. The Morgan fingerprint density at radius 3 is 2.56 bits per heavy atom. The molecule has 3 heteroatoms. The molecule has 0 fully saturated rings. The summed E-state index contributed by atoms with van der Waals surface area (Å²) in [5.74, 6) is -1.61. The summed E-state index contributed by atoms with van der Waals surface area (Å²) in [5, 5.41) is 0. The Bertz CT molecular complexity index is 181. The van der Waals surface area contributed by atoms with Crippen LogP contribution in [0.1, 0.15) is 12.8 Å². The van der Waals surface area contributed by atoms with Gasteiger partial charge in [-0.3, -0.25) is 0 Å². The number of hydrogen-bond acceptors (Lipinski definition) is 1. The average molecular weight is 131 g/mol. The molecule has 2 N–H and O–H groups in total. The topological polar surface area (TPSA) is 26.0 Å². The summed E-state index contributed by atoms with van der Waals surface area (Å²) in [7, 11) is 0. The Labute approximate surface area is 51.8 Å². The van der Waals surface area contributed by atoms with Crippen molar-refractivity contribution >= 4 is 0 Å². The second-order valence-electron chi connectivity index (χ2n) is 1.92. The lowest BCUT2D eigenvalue weighted by Crippen LogP contribution is -2.03. The molecule has 1 aliphatic carbocycles. The first-order chi connectivity index (χ1) is 4.22. The van der Waals surface area contributed by atoms with Crippen LogP contribution < -0.4 is 5.73 Å². The summed E-state index contributed by atoms with van der Waals surface area (Å²) in [5.41, 5.74) is 4.99. The summed E-state index contributed by atoms with van der Waals surface area (Å²) in [6, 6.07) is 0. The zero-order chi connectivity index (χ0) is 6.85. The molecule has 0 aliphatic heterocycles. The molecule has 0 radical (unpaired) electrons. The quantitative estimate of drug-likeness (QED) is 0.532. The van der Waals surface area contributed by atoms with Crippen molar-refractivity contribution in [2.75, 3.05) is 0 Å². The predicted molar refractivity (Wildman–Crippen MR) is 30.7 cm³/mol. The van der Waals surface area contributed by atoms with Crippen molar-refractivity contribution in [3.05, 3.63) is 23.4 Å². The van der Waals surface area contributed by atoms with Gasteiger partial charge in [-0.05, 0) is 6.42 Å². The van der Waals surface area contributed by atoms with Gasteiger partial charge in [0.25, 0.3) is 0 Å². The molecule has 1 rings (SSSR count). The summed E-state index contributed by atoms with van der Waals surface area (Å²) < 4.78 is 24.5. The Kier molecular flexibility index (Phi) is 1.51. The molecule has 0 aromatic carbocycles. The molecule has 0 amide bonds. The molecule has 0 bridgehead atoms. The van der Waals surface area contributed by atoms with E-state index in [2.05, 4.69) is 0 Å². The molecule has 0 aromatic heterocycles. The summed E-state index contributed by atoms with van der Waals surface area (Å²) in [4.78, 5) is 0. The largest absolute Gasteiger partial charge is 0.397 e. The average Bonchev–Trinajstić information content (AvgIpc) is 1.83. The Morgan fingerprint density at radius 1 is 1.44 bits per heavy atom. The standard InChI is InChI=1S/C6H7F2N/c7-4-2-1-3-5(9)6(4)8/h3H,1-2,9H2. The van der Waals surface area contributed by atoms with E-state index in [1.165, 1.54) is 6.08 Å². The van der Waals surface area contributed by atoms with Crippen LogP contribution in [0.5, 0.6) is 0 Å². The van der Waals surface area contributed by atoms with E-state index in [0.717, 1.165) is 0 Å². The molecule has 0 heterocycles. The van der Waals surface area contributed by atoms with Gasteiger partial charge >= 0.3 is 0 Å². The minimum atomic E-state index is -0.888. The van der Waals surface area contributed by atoms with Gasteiger partial charge in [0, 0.05) is 6.42 Å². The molecule has 0 saturated heterocycles. The van der Waals surface area contributed by atoms with E-state index < -0.39 is 11.7 Å². The fraction of sp³-hybridized carbons (Fsp3) is 0.333. The van der Waals surface area contributed by atoms with Crippen molar-refractivity contribution in [3.63, 3.8) is 0 Å². The van der Waals surface area contributed by atoms with Gasteiger partial charge in [0.2, 0.25) is 0 Å². The predicted octanol–water partition coefficient (Wildman–Crippen LogP) is 1.77. The van der Waals surface area contributed by atoms with E-state index in [-0.39, 0.29) is 12.1 Å². The number of allylic oxidation sites excluding steroid dienone is 3. The van der Waals surface area contributed by atoms with Crippen molar-refractivity contribution in [1.82, 2.24) is 0 Å². The van der Waals surface area contributed by atoms with Gasteiger partial charge in [0.15, 0.2) is 5.83 Å². The normalized spacial score (nSPS) is 20.0. The number of rotatable bonds is 0. The van der Waals surface area contributed by atoms with Crippen molar-refractivity contribution in [2.24, 2.45) is 5.73 Å². The van der Waals surface area contributed by atoms with Crippen molar-refractivity contribution in [1.29, 1.82) is 0 Å². The SMILES string of the molecule is NC1=CCCC(F)=C1F. The van der Waals surface area contributed by atoms with Gasteiger partial charge in [-0.2, -0.15) is 0 Å². The molecule has 0 aromatic rings. The maximum Gasteiger partial charge on any atom is 0.177 e. The third-order valence-corrected chi connectivity index (χ3v) is 1.22. The Morgan fingerprint density at radius 2 is 2.11 bits per heavy atom. The van der Waals surface area contributed by atoms with Crippen molar-refractivity contribution in [2.45, 2.75) is 12.8 Å². The minimum Gasteiger partial charge on any atom is -0.397 e. The lowest BCUT2D eigenvalue weighted by molar-refractivity contribution is 0.506. The summed E-state index contributed by atoms with van der Waals surface area (Å²) >= 11 is 0. The zero-order valence-corrected chi connectivity index (χ0v) is 4.82. The first-order valence-corrected chi connectivity index (χ1v) is 2.72. The van der Waals surface area contributed by atoms with Crippen LogP contribution >= 0.6 is 0 Å². The first-order valence-electron chi connectivity index (χ1n) is 2.72. The van der Waals surface area contributed by atoms with E-state index in [0.29, 0.717) is 6.42 Å². The third-order valence-electron chi connectivity index (χ3n) is 1.22. The number of hydrogen-bond donors (Lipinski definition) is 1. The van der Waals surface area contributed by atoms with E-state index >= 15 is 0 Å². The van der Waals surface area contributed by atoms with Gasteiger partial charge in [-0.25, -0.2) is 8.78 Å². The Balaban J connectivity index is 2.88. The smallest absolute Gasteiger partial charge is 0.177 e. The van der Waals surface area contributed by atoms with E-state index in [9.17, 15) is 8.78 Å². The molecule has 1 aliphatic rings. The zero-order valence-electron chi connectivity index (χ0n) is 4.82. The highest BCUT2D eigenvalue weighted by molar-refractivity contribution is 5.27. The van der Waals surface area contributed by atoms with E-state index in [1.54, 1.807) is 0 Å². The molecule has 50 valence electrons. The molecule has 0 unspecified atom stereocenters. The van der Waals surface area contributed by atoms with Crippen LogP contribution in [0.4, 0.5) is 8.78 Å². The lowest BCUT2D eigenvalue weighted by atomic mass is 10.1. The minimum absolute atomic E-state index is 0.0706.